The molecule has 0 atom stereocenters. The van der Waals surface area contributed by atoms with Crippen LogP contribution in [-0.2, 0) is 6.54 Å². The number of anilines is 1. The molecule has 0 unspecified atom stereocenters. The number of aliphatic hydroxyl groups is 1. The van der Waals surface area contributed by atoms with Gasteiger partial charge in [0.1, 0.15) is 0 Å². The standard InChI is InChI=1S/C12H21N3OS/c1-3-15(4-2)11-13-7-10(17-11)8-14-12(9-16)5-6-12/h7,14,16H,3-6,8-9H2,1-2H3. The molecule has 0 radical (unpaired) electrons. The molecule has 2 N–H and O–H groups in total. The van der Waals surface area contributed by atoms with Crippen molar-refractivity contribution in [2.75, 3.05) is 24.6 Å². The maximum absolute atomic E-state index is 9.22. The molecule has 17 heavy (non-hydrogen) atoms. The first kappa shape index (κ1) is 12.8. The van der Waals surface area contributed by atoms with Gasteiger partial charge in [0.15, 0.2) is 5.13 Å². The second-order valence-corrected chi connectivity index (χ2v) is 5.67. The van der Waals surface area contributed by atoms with Gasteiger partial charge in [0.25, 0.3) is 0 Å². The van der Waals surface area contributed by atoms with Crippen LogP contribution in [0, 0.1) is 0 Å². The van der Waals surface area contributed by atoms with E-state index in [-0.39, 0.29) is 12.1 Å². The van der Waals surface area contributed by atoms with Crippen molar-refractivity contribution >= 4 is 16.5 Å². The number of nitrogens with zero attached hydrogens (tertiary/aromatic N) is 2. The Balaban J connectivity index is 1.89. The van der Waals surface area contributed by atoms with Crippen LogP contribution >= 0.6 is 11.3 Å². The highest BCUT2D eigenvalue weighted by molar-refractivity contribution is 7.15. The largest absolute Gasteiger partial charge is 0.394 e. The fraction of sp³-hybridized carbons (Fsp3) is 0.750. The van der Waals surface area contributed by atoms with Crippen molar-refractivity contribution in [3.8, 4) is 0 Å². The minimum atomic E-state index is 0.0132. The van der Waals surface area contributed by atoms with Crippen LogP contribution < -0.4 is 10.2 Å². The summed E-state index contributed by atoms with van der Waals surface area (Å²) >= 11 is 1.74. The minimum absolute atomic E-state index is 0.0132. The molecule has 4 nitrogen and oxygen atoms in total. The van der Waals surface area contributed by atoms with Gasteiger partial charge < -0.3 is 15.3 Å². The molecule has 1 aromatic rings. The average molecular weight is 255 g/mol. The Morgan fingerprint density at radius 3 is 2.71 bits per heavy atom. The summed E-state index contributed by atoms with van der Waals surface area (Å²) in [6.07, 6.45) is 4.12. The average Bonchev–Trinajstić information content (AvgIpc) is 3.00. The lowest BCUT2D eigenvalue weighted by Crippen LogP contribution is -2.33. The van der Waals surface area contributed by atoms with Crippen molar-refractivity contribution in [1.29, 1.82) is 0 Å². The fourth-order valence-corrected chi connectivity index (χ4v) is 2.81. The Kier molecular flexibility index (Phi) is 4.01. The van der Waals surface area contributed by atoms with Gasteiger partial charge in [-0.3, -0.25) is 0 Å². The second kappa shape index (κ2) is 5.33. The van der Waals surface area contributed by atoms with E-state index in [1.807, 2.05) is 6.20 Å². The maximum atomic E-state index is 9.22. The summed E-state index contributed by atoms with van der Waals surface area (Å²) in [7, 11) is 0. The van der Waals surface area contributed by atoms with E-state index in [4.69, 9.17) is 0 Å². The molecule has 1 aliphatic rings. The number of rotatable bonds is 7. The zero-order valence-corrected chi connectivity index (χ0v) is 11.4. The van der Waals surface area contributed by atoms with Gasteiger partial charge in [0.2, 0.25) is 0 Å². The topological polar surface area (TPSA) is 48.4 Å². The number of aliphatic hydroxyl groups excluding tert-OH is 1. The lowest BCUT2D eigenvalue weighted by Gasteiger charge is -2.16. The first-order valence-electron chi connectivity index (χ1n) is 6.28. The molecule has 0 bridgehead atoms. The highest BCUT2D eigenvalue weighted by atomic mass is 32.1. The first-order valence-corrected chi connectivity index (χ1v) is 7.10. The van der Waals surface area contributed by atoms with E-state index in [0.29, 0.717) is 0 Å². The van der Waals surface area contributed by atoms with E-state index in [9.17, 15) is 5.11 Å². The maximum Gasteiger partial charge on any atom is 0.185 e. The van der Waals surface area contributed by atoms with Crippen molar-refractivity contribution in [1.82, 2.24) is 10.3 Å². The smallest absolute Gasteiger partial charge is 0.185 e. The van der Waals surface area contributed by atoms with Crippen LogP contribution in [0.1, 0.15) is 31.6 Å². The highest BCUT2D eigenvalue weighted by Gasteiger charge is 2.41. The number of thiazole rings is 1. The summed E-state index contributed by atoms with van der Waals surface area (Å²) in [5.41, 5.74) is 0.0132. The van der Waals surface area contributed by atoms with Gasteiger partial charge in [0, 0.05) is 36.2 Å². The van der Waals surface area contributed by atoms with Crippen molar-refractivity contribution in [2.24, 2.45) is 0 Å². The third kappa shape index (κ3) is 2.97. The lowest BCUT2D eigenvalue weighted by molar-refractivity contribution is 0.230. The van der Waals surface area contributed by atoms with E-state index in [2.05, 4.69) is 29.0 Å². The Labute approximate surface area is 107 Å². The molecule has 0 spiro atoms. The molecule has 1 fully saturated rings. The van der Waals surface area contributed by atoms with E-state index >= 15 is 0 Å². The number of hydrogen-bond acceptors (Lipinski definition) is 5. The van der Waals surface area contributed by atoms with Gasteiger partial charge in [-0.25, -0.2) is 4.98 Å². The second-order valence-electron chi connectivity index (χ2n) is 4.57. The highest BCUT2D eigenvalue weighted by Crippen LogP contribution is 2.35. The summed E-state index contributed by atoms with van der Waals surface area (Å²) in [5, 5.41) is 13.7. The Morgan fingerprint density at radius 2 is 2.18 bits per heavy atom. The van der Waals surface area contributed by atoms with Crippen molar-refractivity contribution < 1.29 is 5.11 Å². The van der Waals surface area contributed by atoms with E-state index in [1.165, 1.54) is 4.88 Å². The monoisotopic (exact) mass is 255 g/mol. The van der Waals surface area contributed by atoms with Crippen LogP contribution in [0.25, 0.3) is 0 Å². The van der Waals surface area contributed by atoms with Gasteiger partial charge >= 0.3 is 0 Å². The summed E-state index contributed by atoms with van der Waals surface area (Å²) < 4.78 is 0. The predicted molar refractivity (Wildman–Crippen MR) is 71.6 cm³/mol. The van der Waals surface area contributed by atoms with Crippen LogP contribution in [0.15, 0.2) is 6.20 Å². The van der Waals surface area contributed by atoms with Gasteiger partial charge in [-0.1, -0.05) is 0 Å². The van der Waals surface area contributed by atoms with E-state index < -0.39 is 0 Å². The third-order valence-corrected chi connectivity index (χ3v) is 4.43. The molecule has 96 valence electrons. The molecule has 1 saturated carbocycles. The van der Waals surface area contributed by atoms with Gasteiger partial charge in [0.05, 0.1) is 6.61 Å². The summed E-state index contributed by atoms with van der Waals surface area (Å²) in [6, 6.07) is 0. The van der Waals surface area contributed by atoms with Crippen molar-refractivity contribution in [2.45, 2.75) is 38.8 Å². The third-order valence-electron chi connectivity index (χ3n) is 3.37. The molecule has 2 rings (SSSR count). The molecule has 0 aromatic carbocycles. The quantitative estimate of drug-likeness (QED) is 0.777. The molecule has 1 aromatic heterocycles. The van der Waals surface area contributed by atoms with Crippen LogP contribution in [0.2, 0.25) is 0 Å². The van der Waals surface area contributed by atoms with Crippen LogP contribution in [0.3, 0.4) is 0 Å². The Bertz CT molecular complexity index is 358. The lowest BCUT2D eigenvalue weighted by atomic mass is 10.3. The summed E-state index contributed by atoms with van der Waals surface area (Å²) in [5.74, 6) is 0. The molecular formula is C12H21N3OS. The molecule has 0 amide bonds. The Morgan fingerprint density at radius 1 is 1.47 bits per heavy atom. The van der Waals surface area contributed by atoms with Crippen LogP contribution in [0.5, 0.6) is 0 Å². The zero-order chi connectivity index (χ0) is 12.3. The Hall–Kier alpha value is -0.650. The van der Waals surface area contributed by atoms with Crippen molar-refractivity contribution in [3.05, 3.63) is 11.1 Å². The predicted octanol–water partition coefficient (Wildman–Crippen LogP) is 1.60. The number of nitrogens with one attached hydrogen (secondary N) is 1. The fourth-order valence-electron chi connectivity index (χ4n) is 1.84. The first-order chi connectivity index (χ1) is 8.23. The normalized spacial score (nSPS) is 17.1. The molecule has 0 aliphatic heterocycles. The summed E-state index contributed by atoms with van der Waals surface area (Å²) in [6.45, 7) is 7.35. The van der Waals surface area contributed by atoms with Gasteiger partial charge in [-0.05, 0) is 26.7 Å². The van der Waals surface area contributed by atoms with E-state index in [0.717, 1.165) is 37.6 Å². The summed E-state index contributed by atoms with van der Waals surface area (Å²) in [4.78, 5) is 7.95. The van der Waals surface area contributed by atoms with Crippen molar-refractivity contribution in [3.63, 3.8) is 0 Å². The molecule has 0 saturated heterocycles. The van der Waals surface area contributed by atoms with E-state index in [1.54, 1.807) is 11.3 Å². The zero-order valence-electron chi connectivity index (χ0n) is 10.6. The molecular weight excluding hydrogens is 234 g/mol. The SMILES string of the molecule is CCN(CC)c1ncc(CNC2(CO)CC2)s1. The number of aromatic nitrogens is 1. The van der Waals surface area contributed by atoms with Gasteiger partial charge in [-0.2, -0.15) is 0 Å². The molecule has 1 heterocycles. The van der Waals surface area contributed by atoms with Crippen LogP contribution in [0.4, 0.5) is 5.13 Å². The molecule has 5 heteroatoms. The molecule has 1 aliphatic carbocycles. The number of hydrogen-bond donors (Lipinski definition) is 2. The van der Waals surface area contributed by atoms with Gasteiger partial charge in [-0.15, -0.1) is 11.3 Å². The minimum Gasteiger partial charge on any atom is -0.394 e. The van der Waals surface area contributed by atoms with Crippen LogP contribution in [-0.4, -0.2) is 35.3 Å².